The second-order valence-electron chi connectivity index (χ2n) is 2.72. The number of rotatable bonds is 2. The summed E-state index contributed by atoms with van der Waals surface area (Å²) in [7, 11) is 0. The van der Waals surface area contributed by atoms with E-state index < -0.39 is 18.2 Å². The SMILES string of the molecule is C=CC1=C(C)[C@](O)(CO)NC1=O. The third-order valence-electron chi connectivity index (χ3n) is 2.02. The summed E-state index contributed by atoms with van der Waals surface area (Å²) in [6, 6.07) is 0. The molecule has 0 saturated carbocycles. The number of hydrogen-bond acceptors (Lipinski definition) is 3. The van der Waals surface area contributed by atoms with Crippen LogP contribution in [0.3, 0.4) is 0 Å². The molecule has 1 amide bonds. The van der Waals surface area contributed by atoms with E-state index in [-0.39, 0.29) is 0 Å². The highest BCUT2D eigenvalue weighted by Gasteiger charge is 2.39. The van der Waals surface area contributed by atoms with Gasteiger partial charge in [0.2, 0.25) is 0 Å². The highest BCUT2D eigenvalue weighted by Crippen LogP contribution is 2.24. The predicted molar refractivity (Wildman–Crippen MR) is 43.1 cm³/mol. The van der Waals surface area contributed by atoms with Crippen LogP contribution < -0.4 is 5.32 Å². The van der Waals surface area contributed by atoms with Crippen LogP contribution in [0, 0.1) is 0 Å². The Morgan fingerprint density at radius 2 is 2.33 bits per heavy atom. The molecule has 0 aliphatic carbocycles. The monoisotopic (exact) mass is 169 g/mol. The molecule has 1 aliphatic heterocycles. The molecule has 0 bridgehead atoms. The molecule has 0 unspecified atom stereocenters. The third kappa shape index (κ3) is 1.05. The van der Waals surface area contributed by atoms with Crippen molar-refractivity contribution in [2.24, 2.45) is 0 Å². The molecule has 0 aromatic carbocycles. The van der Waals surface area contributed by atoms with Gasteiger partial charge in [-0.1, -0.05) is 12.7 Å². The van der Waals surface area contributed by atoms with Crippen molar-refractivity contribution >= 4 is 5.91 Å². The number of carbonyl (C=O) groups is 1. The first kappa shape index (κ1) is 8.96. The standard InChI is InChI=1S/C8H11NO3/c1-3-6-5(2)8(12,4-10)9-7(6)11/h3,10,12H,1,4H2,2H3,(H,9,11)/t8-/m1/s1. The van der Waals surface area contributed by atoms with Gasteiger partial charge in [0.1, 0.15) is 0 Å². The molecule has 1 atom stereocenters. The number of aliphatic hydroxyl groups is 2. The molecule has 4 heteroatoms. The minimum Gasteiger partial charge on any atom is -0.391 e. The largest absolute Gasteiger partial charge is 0.391 e. The lowest BCUT2D eigenvalue weighted by Gasteiger charge is -2.21. The van der Waals surface area contributed by atoms with Crippen molar-refractivity contribution in [2.45, 2.75) is 12.6 Å². The zero-order valence-corrected chi connectivity index (χ0v) is 6.79. The van der Waals surface area contributed by atoms with Crippen LogP contribution in [0.2, 0.25) is 0 Å². The maximum atomic E-state index is 11.1. The fourth-order valence-corrected chi connectivity index (χ4v) is 1.15. The van der Waals surface area contributed by atoms with Crippen LogP contribution in [-0.2, 0) is 4.79 Å². The van der Waals surface area contributed by atoms with Crippen LogP contribution in [0.25, 0.3) is 0 Å². The fraction of sp³-hybridized carbons (Fsp3) is 0.375. The zero-order chi connectivity index (χ0) is 9.35. The second-order valence-corrected chi connectivity index (χ2v) is 2.72. The molecule has 0 aromatic heterocycles. The summed E-state index contributed by atoms with van der Waals surface area (Å²) < 4.78 is 0. The van der Waals surface area contributed by atoms with Crippen molar-refractivity contribution in [3.05, 3.63) is 23.8 Å². The first-order valence-corrected chi connectivity index (χ1v) is 3.54. The molecular weight excluding hydrogens is 158 g/mol. The van der Waals surface area contributed by atoms with Crippen molar-refractivity contribution in [3.63, 3.8) is 0 Å². The highest BCUT2D eigenvalue weighted by atomic mass is 16.3. The van der Waals surface area contributed by atoms with E-state index >= 15 is 0 Å². The Balaban J connectivity index is 3.12. The van der Waals surface area contributed by atoms with E-state index in [1.807, 2.05) is 0 Å². The van der Waals surface area contributed by atoms with Gasteiger partial charge in [-0.25, -0.2) is 0 Å². The molecule has 1 aliphatic rings. The van der Waals surface area contributed by atoms with Gasteiger partial charge in [0, 0.05) is 5.57 Å². The summed E-state index contributed by atoms with van der Waals surface area (Å²) in [5.41, 5.74) is -0.864. The van der Waals surface area contributed by atoms with Crippen molar-refractivity contribution in [1.82, 2.24) is 5.32 Å². The maximum absolute atomic E-state index is 11.1. The lowest BCUT2D eigenvalue weighted by atomic mass is 10.0. The Morgan fingerprint density at radius 3 is 2.58 bits per heavy atom. The number of aliphatic hydroxyl groups excluding tert-OH is 1. The lowest BCUT2D eigenvalue weighted by molar-refractivity contribution is -0.121. The Kier molecular flexibility index (Phi) is 2.04. The van der Waals surface area contributed by atoms with Gasteiger partial charge in [-0.05, 0) is 12.5 Å². The highest BCUT2D eigenvalue weighted by molar-refractivity contribution is 6.00. The maximum Gasteiger partial charge on any atom is 0.253 e. The van der Waals surface area contributed by atoms with E-state index in [1.54, 1.807) is 6.92 Å². The molecule has 66 valence electrons. The smallest absolute Gasteiger partial charge is 0.253 e. The molecule has 3 N–H and O–H groups in total. The first-order chi connectivity index (χ1) is 5.55. The molecule has 1 rings (SSSR count). The number of nitrogens with one attached hydrogen (secondary N) is 1. The van der Waals surface area contributed by atoms with Crippen molar-refractivity contribution in [1.29, 1.82) is 0 Å². The van der Waals surface area contributed by atoms with E-state index in [4.69, 9.17) is 5.11 Å². The topological polar surface area (TPSA) is 69.6 Å². The van der Waals surface area contributed by atoms with Crippen LogP contribution in [0.1, 0.15) is 6.92 Å². The summed E-state index contributed by atoms with van der Waals surface area (Å²) in [6.45, 7) is 4.48. The molecule has 0 fully saturated rings. The van der Waals surface area contributed by atoms with Crippen molar-refractivity contribution in [2.75, 3.05) is 6.61 Å². The summed E-state index contributed by atoms with van der Waals surface area (Å²) >= 11 is 0. The van der Waals surface area contributed by atoms with Gasteiger partial charge in [0.05, 0.1) is 6.61 Å². The normalized spacial score (nSPS) is 29.1. The Hall–Kier alpha value is -1.13. The summed E-state index contributed by atoms with van der Waals surface area (Å²) in [4.78, 5) is 11.1. The average molecular weight is 169 g/mol. The van der Waals surface area contributed by atoms with Gasteiger partial charge >= 0.3 is 0 Å². The first-order valence-electron chi connectivity index (χ1n) is 3.54. The van der Waals surface area contributed by atoms with Gasteiger partial charge in [-0.3, -0.25) is 4.79 Å². The zero-order valence-electron chi connectivity index (χ0n) is 6.79. The quantitative estimate of drug-likeness (QED) is 0.512. The van der Waals surface area contributed by atoms with Gasteiger partial charge < -0.3 is 15.5 Å². The molecule has 12 heavy (non-hydrogen) atoms. The van der Waals surface area contributed by atoms with E-state index in [0.717, 1.165) is 0 Å². The molecule has 4 nitrogen and oxygen atoms in total. The fourth-order valence-electron chi connectivity index (χ4n) is 1.15. The Bertz CT molecular complexity index is 269. The molecular formula is C8H11NO3. The minimum absolute atomic E-state index is 0.326. The van der Waals surface area contributed by atoms with E-state index in [1.165, 1.54) is 6.08 Å². The van der Waals surface area contributed by atoms with Gasteiger partial charge in [0.15, 0.2) is 5.72 Å². The number of carbonyl (C=O) groups excluding carboxylic acids is 1. The average Bonchev–Trinajstić information content (AvgIpc) is 2.25. The van der Waals surface area contributed by atoms with E-state index in [0.29, 0.717) is 11.1 Å². The van der Waals surface area contributed by atoms with E-state index in [9.17, 15) is 9.90 Å². The van der Waals surface area contributed by atoms with Crippen LogP contribution in [0.15, 0.2) is 23.8 Å². The summed E-state index contributed by atoms with van der Waals surface area (Å²) in [6.07, 6.45) is 1.36. The second kappa shape index (κ2) is 2.73. The van der Waals surface area contributed by atoms with Crippen molar-refractivity contribution < 1.29 is 15.0 Å². The van der Waals surface area contributed by atoms with Crippen LogP contribution in [0.4, 0.5) is 0 Å². The molecule has 0 aromatic rings. The third-order valence-corrected chi connectivity index (χ3v) is 2.02. The number of hydrogen-bond donors (Lipinski definition) is 3. The Labute approximate surface area is 70.2 Å². The van der Waals surface area contributed by atoms with Crippen LogP contribution in [-0.4, -0.2) is 28.5 Å². The number of amides is 1. The van der Waals surface area contributed by atoms with Crippen LogP contribution in [0.5, 0.6) is 0 Å². The molecule has 1 heterocycles. The van der Waals surface area contributed by atoms with Crippen LogP contribution >= 0.6 is 0 Å². The van der Waals surface area contributed by atoms with E-state index in [2.05, 4.69) is 11.9 Å². The molecule has 0 spiro atoms. The molecule has 0 saturated heterocycles. The van der Waals surface area contributed by atoms with Gasteiger partial charge in [-0.2, -0.15) is 0 Å². The van der Waals surface area contributed by atoms with Gasteiger partial charge in [-0.15, -0.1) is 0 Å². The van der Waals surface area contributed by atoms with Gasteiger partial charge in [0.25, 0.3) is 5.91 Å². The predicted octanol–water partition coefficient (Wildman–Crippen LogP) is -0.700. The Morgan fingerprint density at radius 1 is 1.75 bits per heavy atom. The molecule has 0 radical (unpaired) electrons. The summed E-state index contributed by atoms with van der Waals surface area (Å²) in [5, 5.41) is 20.6. The van der Waals surface area contributed by atoms with Crippen molar-refractivity contribution in [3.8, 4) is 0 Å². The summed E-state index contributed by atoms with van der Waals surface area (Å²) in [5.74, 6) is -0.404. The minimum atomic E-state index is -1.60. The lowest BCUT2D eigenvalue weighted by Crippen LogP contribution is -2.47.